The average Bonchev–Trinajstić information content (AvgIpc) is 2.36. The minimum absolute atomic E-state index is 0.324. The Balaban J connectivity index is 2.88. The molecule has 2 unspecified atom stereocenters. The number of rotatable bonds is 6. The second kappa shape index (κ2) is 7.31. The van der Waals surface area contributed by atoms with Gasteiger partial charge in [-0.25, -0.2) is 0 Å². The lowest BCUT2D eigenvalue weighted by Gasteiger charge is -2.14. The summed E-state index contributed by atoms with van der Waals surface area (Å²) in [6.45, 7) is 6.03. The quantitative estimate of drug-likeness (QED) is 0.745. The van der Waals surface area contributed by atoms with Crippen LogP contribution in [0.5, 0.6) is 0 Å². The van der Waals surface area contributed by atoms with E-state index in [1.54, 1.807) is 6.92 Å². The topological polar surface area (TPSA) is 43.4 Å². The van der Waals surface area contributed by atoms with Crippen LogP contribution in [0.15, 0.2) is 29.2 Å². The molecule has 0 aliphatic rings. The smallest absolute Gasteiger partial charge is 0.322 e. The van der Waals surface area contributed by atoms with Crippen molar-refractivity contribution in [1.29, 1.82) is 0 Å². The van der Waals surface area contributed by atoms with Crippen molar-refractivity contribution in [2.75, 3.05) is 6.61 Å². The maximum absolute atomic E-state index is 12.4. The molecule has 0 aliphatic carbocycles. The van der Waals surface area contributed by atoms with Crippen LogP contribution in [0.3, 0.4) is 0 Å². The van der Waals surface area contributed by atoms with Gasteiger partial charge in [-0.05, 0) is 32.4 Å². The zero-order valence-corrected chi connectivity index (χ0v) is 12.0. The van der Waals surface area contributed by atoms with Gasteiger partial charge in [0.15, 0.2) is 0 Å². The third-order valence-electron chi connectivity index (χ3n) is 2.61. The van der Waals surface area contributed by atoms with Crippen molar-refractivity contribution in [2.45, 2.75) is 43.8 Å². The number of aryl methyl sites for hydroxylation is 1. The molecule has 2 atom stereocenters. The summed E-state index contributed by atoms with van der Waals surface area (Å²) in [4.78, 5) is 12.5. The first kappa shape index (κ1) is 14.9. The van der Waals surface area contributed by atoms with E-state index in [1.807, 2.05) is 38.1 Å². The maximum atomic E-state index is 12.4. The van der Waals surface area contributed by atoms with Crippen molar-refractivity contribution in [1.82, 2.24) is 0 Å². The minimum atomic E-state index is -1.34. The van der Waals surface area contributed by atoms with Gasteiger partial charge in [0.2, 0.25) is 0 Å². The molecular weight excluding hydrogens is 248 g/mol. The largest absolute Gasteiger partial charge is 0.465 e. The molecule has 0 spiro atoms. The number of carbonyl (C=O) groups excluding carboxylic acids is 1. The molecule has 0 fully saturated rings. The standard InChI is InChI=1S/C14H20O3S/c1-4-6-13(14(15)17-5-2)18(16)12-9-7-11(3)8-10-12/h7-10,13H,4-6H2,1-3H3. The lowest BCUT2D eigenvalue weighted by Crippen LogP contribution is -2.28. The maximum Gasteiger partial charge on any atom is 0.322 e. The molecule has 0 saturated carbocycles. The van der Waals surface area contributed by atoms with Crippen molar-refractivity contribution < 1.29 is 13.7 Å². The van der Waals surface area contributed by atoms with Gasteiger partial charge < -0.3 is 4.74 Å². The van der Waals surface area contributed by atoms with E-state index in [9.17, 15) is 9.00 Å². The molecule has 0 radical (unpaired) electrons. The van der Waals surface area contributed by atoms with Crippen molar-refractivity contribution in [3.63, 3.8) is 0 Å². The Bertz CT molecular complexity index is 412. The monoisotopic (exact) mass is 268 g/mol. The summed E-state index contributed by atoms with van der Waals surface area (Å²) < 4.78 is 17.4. The van der Waals surface area contributed by atoms with Gasteiger partial charge >= 0.3 is 5.97 Å². The van der Waals surface area contributed by atoms with Crippen LogP contribution in [0.25, 0.3) is 0 Å². The third-order valence-corrected chi connectivity index (χ3v) is 4.29. The fourth-order valence-electron chi connectivity index (χ4n) is 1.65. The van der Waals surface area contributed by atoms with E-state index >= 15 is 0 Å². The molecule has 0 heterocycles. The van der Waals surface area contributed by atoms with Gasteiger partial charge in [0.05, 0.1) is 17.4 Å². The molecule has 0 saturated heterocycles. The molecule has 1 rings (SSSR count). The van der Waals surface area contributed by atoms with Crippen LogP contribution in [0, 0.1) is 6.92 Å². The van der Waals surface area contributed by atoms with Crippen LogP contribution in [0.1, 0.15) is 32.3 Å². The molecule has 100 valence electrons. The predicted molar refractivity (Wildman–Crippen MR) is 72.9 cm³/mol. The second-order valence-corrected chi connectivity index (χ2v) is 5.78. The molecule has 18 heavy (non-hydrogen) atoms. The fraction of sp³-hybridized carbons (Fsp3) is 0.500. The van der Waals surface area contributed by atoms with Crippen LogP contribution in [-0.2, 0) is 20.3 Å². The Kier molecular flexibility index (Phi) is 6.05. The van der Waals surface area contributed by atoms with Gasteiger partial charge in [-0.15, -0.1) is 0 Å². The molecule has 0 bridgehead atoms. The molecule has 0 aromatic heterocycles. The van der Waals surface area contributed by atoms with Crippen molar-refractivity contribution in [2.24, 2.45) is 0 Å². The summed E-state index contributed by atoms with van der Waals surface area (Å²) in [6.07, 6.45) is 1.39. The summed E-state index contributed by atoms with van der Waals surface area (Å²) >= 11 is 0. The first-order chi connectivity index (χ1) is 8.60. The minimum Gasteiger partial charge on any atom is -0.465 e. The van der Waals surface area contributed by atoms with Crippen molar-refractivity contribution in [3.8, 4) is 0 Å². The van der Waals surface area contributed by atoms with Gasteiger partial charge in [-0.1, -0.05) is 31.0 Å². The number of benzene rings is 1. The Morgan fingerprint density at radius 2 is 1.89 bits per heavy atom. The average molecular weight is 268 g/mol. The summed E-state index contributed by atoms with van der Waals surface area (Å²) in [7, 11) is -1.34. The van der Waals surface area contributed by atoms with Gasteiger partial charge in [0.25, 0.3) is 0 Å². The zero-order chi connectivity index (χ0) is 13.5. The van der Waals surface area contributed by atoms with Crippen LogP contribution < -0.4 is 0 Å². The Morgan fingerprint density at radius 1 is 1.28 bits per heavy atom. The molecule has 4 heteroatoms. The number of carbonyl (C=O) groups is 1. The van der Waals surface area contributed by atoms with Crippen molar-refractivity contribution >= 4 is 16.8 Å². The second-order valence-electron chi connectivity index (χ2n) is 4.14. The van der Waals surface area contributed by atoms with Crippen LogP contribution in [-0.4, -0.2) is 22.0 Å². The van der Waals surface area contributed by atoms with E-state index in [0.717, 1.165) is 12.0 Å². The molecule has 3 nitrogen and oxygen atoms in total. The van der Waals surface area contributed by atoms with Gasteiger partial charge in [0, 0.05) is 4.90 Å². The molecule has 0 N–H and O–H groups in total. The molecular formula is C14H20O3S. The molecule has 0 amide bonds. The summed E-state index contributed by atoms with van der Waals surface area (Å²) in [5.41, 5.74) is 1.11. The summed E-state index contributed by atoms with van der Waals surface area (Å²) in [5.74, 6) is -0.363. The highest BCUT2D eigenvalue weighted by Crippen LogP contribution is 2.17. The van der Waals surface area contributed by atoms with Crippen LogP contribution in [0.4, 0.5) is 0 Å². The van der Waals surface area contributed by atoms with Gasteiger partial charge in [-0.2, -0.15) is 0 Å². The Labute approximate surface area is 111 Å². The van der Waals surface area contributed by atoms with E-state index in [2.05, 4.69) is 0 Å². The van der Waals surface area contributed by atoms with Gasteiger partial charge in [0.1, 0.15) is 5.25 Å². The lowest BCUT2D eigenvalue weighted by atomic mass is 10.2. The number of ether oxygens (including phenoxy) is 1. The summed E-state index contributed by atoms with van der Waals surface area (Å²) in [6, 6.07) is 7.43. The normalized spacial score (nSPS) is 13.9. The molecule has 1 aromatic carbocycles. The van der Waals surface area contributed by atoms with E-state index < -0.39 is 16.0 Å². The third kappa shape index (κ3) is 3.95. The van der Waals surface area contributed by atoms with Gasteiger partial charge in [-0.3, -0.25) is 9.00 Å². The highest BCUT2D eigenvalue weighted by Gasteiger charge is 2.26. The van der Waals surface area contributed by atoms with Crippen LogP contribution >= 0.6 is 0 Å². The fourth-order valence-corrected chi connectivity index (χ4v) is 3.07. The highest BCUT2D eigenvalue weighted by atomic mass is 32.2. The highest BCUT2D eigenvalue weighted by molar-refractivity contribution is 7.86. The van der Waals surface area contributed by atoms with E-state index in [0.29, 0.717) is 17.9 Å². The Morgan fingerprint density at radius 3 is 2.39 bits per heavy atom. The lowest BCUT2D eigenvalue weighted by molar-refractivity contribution is -0.142. The number of esters is 1. The van der Waals surface area contributed by atoms with E-state index in [1.165, 1.54) is 0 Å². The van der Waals surface area contributed by atoms with E-state index in [-0.39, 0.29) is 5.97 Å². The zero-order valence-electron chi connectivity index (χ0n) is 11.1. The number of hydrogen-bond acceptors (Lipinski definition) is 3. The number of hydrogen-bond donors (Lipinski definition) is 0. The van der Waals surface area contributed by atoms with Crippen molar-refractivity contribution in [3.05, 3.63) is 29.8 Å². The summed E-state index contributed by atoms with van der Waals surface area (Å²) in [5, 5.41) is -0.558. The first-order valence-electron chi connectivity index (χ1n) is 6.24. The van der Waals surface area contributed by atoms with E-state index in [4.69, 9.17) is 4.74 Å². The SMILES string of the molecule is CCCC(C(=O)OCC)S(=O)c1ccc(C)cc1. The van der Waals surface area contributed by atoms with Crippen LogP contribution in [0.2, 0.25) is 0 Å². The predicted octanol–water partition coefficient (Wildman–Crippen LogP) is 2.83. The Hall–Kier alpha value is -1.16. The molecule has 1 aromatic rings. The molecule has 0 aliphatic heterocycles. The first-order valence-corrected chi connectivity index (χ1v) is 7.45.